The number of amides is 1. The predicted molar refractivity (Wildman–Crippen MR) is 67.7 cm³/mol. The van der Waals surface area contributed by atoms with Gasteiger partial charge in [-0.2, -0.15) is 0 Å². The maximum absolute atomic E-state index is 11.7. The second-order valence-corrected chi connectivity index (χ2v) is 5.09. The van der Waals surface area contributed by atoms with E-state index in [9.17, 15) is 4.79 Å². The lowest BCUT2D eigenvalue weighted by Gasteiger charge is -2.16. The Kier molecular flexibility index (Phi) is 5.46. The minimum absolute atomic E-state index is 0.221. The summed E-state index contributed by atoms with van der Waals surface area (Å²) in [6.07, 6.45) is 3.55. The molecule has 0 aliphatic carbocycles. The average molecular weight is 240 g/mol. The van der Waals surface area contributed by atoms with Crippen LogP contribution < -0.4 is 0 Å². The molecule has 0 saturated carbocycles. The molecule has 1 heterocycles. The summed E-state index contributed by atoms with van der Waals surface area (Å²) >= 11 is 1.64. The van der Waals surface area contributed by atoms with E-state index in [0.717, 1.165) is 36.5 Å². The standard InChI is InChI=1S/C12H20N2OS/c1-4-5-8-14(3)12(15)7-6-11-9-16-10(2)13-11/h9H,4-8H2,1-3H3. The fourth-order valence-electron chi connectivity index (χ4n) is 1.47. The van der Waals surface area contributed by atoms with Gasteiger partial charge in [-0.05, 0) is 19.8 Å². The van der Waals surface area contributed by atoms with Crippen molar-refractivity contribution in [3.8, 4) is 0 Å². The van der Waals surface area contributed by atoms with Crippen LogP contribution in [0.25, 0.3) is 0 Å². The summed E-state index contributed by atoms with van der Waals surface area (Å²) in [5.41, 5.74) is 1.04. The topological polar surface area (TPSA) is 33.2 Å². The van der Waals surface area contributed by atoms with Gasteiger partial charge in [0.25, 0.3) is 0 Å². The van der Waals surface area contributed by atoms with Gasteiger partial charge in [-0.15, -0.1) is 11.3 Å². The van der Waals surface area contributed by atoms with Gasteiger partial charge in [0.1, 0.15) is 0 Å². The lowest BCUT2D eigenvalue weighted by Crippen LogP contribution is -2.27. The Morgan fingerprint density at radius 3 is 2.88 bits per heavy atom. The normalized spacial score (nSPS) is 10.4. The van der Waals surface area contributed by atoms with Crippen LogP contribution >= 0.6 is 11.3 Å². The van der Waals surface area contributed by atoms with Gasteiger partial charge in [0.05, 0.1) is 10.7 Å². The molecule has 3 nitrogen and oxygen atoms in total. The Hall–Kier alpha value is -0.900. The Morgan fingerprint density at radius 1 is 1.56 bits per heavy atom. The molecule has 0 spiro atoms. The Bertz CT molecular complexity index is 336. The number of aromatic nitrogens is 1. The second-order valence-electron chi connectivity index (χ2n) is 4.03. The van der Waals surface area contributed by atoms with Gasteiger partial charge in [0.2, 0.25) is 5.91 Å². The maximum atomic E-state index is 11.7. The SMILES string of the molecule is CCCCN(C)C(=O)CCc1csc(C)n1. The predicted octanol–water partition coefficient (Wildman–Crippen LogP) is 2.64. The molecular weight excluding hydrogens is 220 g/mol. The molecule has 0 fully saturated rings. The molecule has 0 radical (unpaired) electrons. The average Bonchev–Trinajstić information content (AvgIpc) is 2.68. The first-order valence-electron chi connectivity index (χ1n) is 5.78. The third-order valence-electron chi connectivity index (χ3n) is 2.53. The number of aryl methyl sites for hydroxylation is 2. The van der Waals surface area contributed by atoms with E-state index in [1.54, 1.807) is 11.3 Å². The van der Waals surface area contributed by atoms with Crippen molar-refractivity contribution in [2.75, 3.05) is 13.6 Å². The van der Waals surface area contributed by atoms with E-state index in [-0.39, 0.29) is 5.91 Å². The Morgan fingerprint density at radius 2 is 2.31 bits per heavy atom. The molecular formula is C12H20N2OS. The zero-order chi connectivity index (χ0) is 12.0. The van der Waals surface area contributed by atoms with Crippen LogP contribution in [0.15, 0.2) is 5.38 Å². The minimum atomic E-state index is 0.221. The van der Waals surface area contributed by atoms with Crippen molar-refractivity contribution >= 4 is 17.2 Å². The number of carbonyl (C=O) groups excluding carboxylic acids is 1. The third-order valence-corrected chi connectivity index (χ3v) is 3.36. The molecule has 90 valence electrons. The Balaban J connectivity index is 2.29. The first kappa shape index (κ1) is 13.2. The fourth-order valence-corrected chi connectivity index (χ4v) is 2.12. The van der Waals surface area contributed by atoms with E-state index in [2.05, 4.69) is 11.9 Å². The highest BCUT2D eigenvalue weighted by Gasteiger charge is 2.09. The second kappa shape index (κ2) is 6.63. The summed E-state index contributed by atoms with van der Waals surface area (Å²) in [5.74, 6) is 0.221. The van der Waals surface area contributed by atoms with Gasteiger partial charge < -0.3 is 4.90 Å². The molecule has 0 saturated heterocycles. The van der Waals surface area contributed by atoms with Crippen LogP contribution in [0.4, 0.5) is 0 Å². The molecule has 1 rings (SSSR count). The zero-order valence-corrected chi connectivity index (χ0v) is 11.1. The first-order chi connectivity index (χ1) is 7.63. The zero-order valence-electron chi connectivity index (χ0n) is 10.3. The largest absolute Gasteiger partial charge is 0.346 e. The summed E-state index contributed by atoms with van der Waals surface area (Å²) in [7, 11) is 1.88. The monoisotopic (exact) mass is 240 g/mol. The molecule has 1 aromatic rings. The van der Waals surface area contributed by atoms with Crippen molar-refractivity contribution in [2.45, 2.75) is 39.5 Å². The maximum Gasteiger partial charge on any atom is 0.222 e. The molecule has 0 unspecified atom stereocenters. The minimum Gasteiger partial charge on any atom is -0.346 e. The molecule has 0 aliphatic rings. The van der Waals surface area contributed by atoms with Gasteiger partial charge in [0, 0.05) is 25.4 Å². The smallest absolute Gasteiger partial charge is 0.222 e. The van der Waals surface area contributed by atoms with Crippen LogP contribution in [-0.2, 0) is 11.2 Å². The van der Waals surface area contributed by atoms with E-state index in [1.807, 2.05) is 24.3 Å². The van der Waals surface area contributed by atoms with Crippen LogP contribution in [-0.4, -0.2) is 29.4 Å². The van der Waals surface area contributed by atoms with E-state index in [0.29, 0.717) is 6.42 Å². The van der Waals surface area contributed by atoms with Crippen LogP contribution in [0.1, 0.15) is 36.9 Å². The van der Waals surface area contributed by atoms with Gasteiger partial charge in [-0.3, -0.25) is 4.79 Å². The molecule has 1 amide bonds. The van der Waals surface area contributed by atoms with Crippen LogP contribution in [0.2, 0.25) is 0 Å². The van der Waals surface area contributed by atoms with E-state index in [4.69, 9.17) is 0 Å². The van der Waals surface area contributed by atoms with Gasteiger partial charge in [0.15, 0.2) is 0 Å². The van der Waals surface area contributed by atoms with E-state index < -0.39 is 0 Å². The lowest BCUT2D eigenvalue weighted by molar-refractivity contribution is -0.129. The van der Waals surface area contributed by atoms with Crippen molar-refractivity contribution in [2.24, 2.45) is 0 Å². The van der Waals surface area contributed by atoms with Crippen molar-refractivity contribution in [3.05, 3.63) is 16.1 Å². The Labute approximate surface area is 101 Å². The molecule has 0 bridgehead atoms. The molecule has 0 atom stereocenters. The molecule has 0 aliphatic heterocycles. The van der Waals surface area contributed by atoms with E-state index in [1.165, 1.54) is 0 Å². The quantitative estimate of drug-likeness (QED) is 0.766. The van der Waals surface area contributed by atoms with Gasteiger partial charge >= 0.3 is 0 Å². The van der Waals surface area contributed by atoms with E-state index >= 15 is 0 Å². The van der Waals surface area contributed by atoms with Gasteiger partial charge in [-0.25, -0.2) is 4.98 Å². The summed E-state index contributed by atoms with van der Waals surface area (Å²) < 4.78 is 0. The number of thiazole rings is 1. The number of nitrogens with zero attached hydrogens (tertiary/aromatic N) is 2. The summed E-state index contributed by atoms with van der Waals surface area (Å²) in [4.78, 5) is 17.9. The van der Waals surface area contributed by atoms with Crippen LogP contribution in [0.3, 0.4) is 0 Å². The summed E-state index contributed by atoms with van der Waals surface area (Å²) in [6, 6.07) is 0. The highest BCUT2D eigenvalue weighted by molar-refractivity contribution is 7.09. The number of unbranched alkanes of at least 4 members (excludes halogenated alkanes) is 1. The molecule has 4 heteroatoms. The lowest BCUT2D eigenvalue weighted by atomic mass is 10.2. The summed E-state index contributed by atoms with van der Waals surface area (Å²) in [6.45, 7) is 4.99. The number of hydrogen-bond donors (Lipinski definition) is 0. The molecule has 1 aromatic heterocycles. The number of hydrogen-bond acceptors (Lipinski definition) is 3. The number of rotatable bonds is 6. The van der Waals surface area contributed by atoms with Crippen molar-refractivity contribution in [3.63, 3.8) is 0 Å². The molecule has 0 N–H and O–H groups in total. The van der Waals surface area contributed by atoms with Crippen molar-refractivity contribution < 1.29 is 4.79 Å². The fraction of sp³-hybridized carbons (Fsp3) is 0.667. The first-order valence-corrected chi connectivity index (χ1v) is 6.66. The van der Waals surface area contributed by atoms with Crippen molar-refractivity contribution in [1.82, 2.24) is 9.88 Å². The third kappa shape index (κ3) is 4.31. The van der Waals surface area contributed by atoms with Crippen molar-refractivity contribution in [1.29, 1.82) is 0 Å². The molecule has 16 heavy (non-hydrogen) atoms. The van der Waals surface area contributed by atoms with Crippen LogP contribution in [0.5, 0.6) is 0 Å². The van der Waals surface area contributed by atoms with Gasteiger partial charge in [-0.1, -0.05) is 13.3 Å². The highest BCUT2D eigenvalue weighted by Crippen LogP contribution is 2.10. The highest BCUT2D eigenvalue weighted by atomic mass is 32.1. The molecule has 0 aromatic carbocycles. The number of carbonyl (C=O) groups is 1. The van der Waals surface area contributed by atoms with Crippen LogP contribution in [0, 0.1) is 6.92 Å². The summed E-state index contributed by atoms with van der Waals surface area (Å²) in [5, 5.41) is 3.11.